The van der Waals surface area contributed by atoms with Crippen LogP contribution in [0.15, 0.2) is 24.3 Å². The number of rotatable bonds is 36. The zero-order chi connectivity index (χ0) is 36.5. The predicted octanol–water partition coefficient (Wildman–Crippen LogP) is 9.94. The number of carbonyl (C=O) groups is 1. The van der Waals surface area contributed by atoms with Gasteiger partial charge in [-0.3, -0.25) is 9.36 Å². The van der Waals surface area contributed by atoms with Gasteiger partial charge in [-0.25, -0.2) is 0 Å². The van der Waals surface area contributed by atoms with Gasteiger partial charge in [-0.1, -0.05) is 154 Å². The van der Waals surface area contributed by atoms with Crippen molar-refractivity contribution >= 4 is 13.7 Å². The third-order valence-electron chi connectivity index (χ3n) is 8.89. The molecule has 2 N–H and O–H groups in total. The fraction of sp³-hybridized carbons (Fsp3) is 0.875. The monoisotopic (exact) mass is 715 g/mol. The summed E-state index contributed by atoms with van der Waals surface area (Å²) in [6, 6.07) is -0.885. The van der Waals surface area contributed by atoms with Crippen LogP contribution in [-0.4, -0.2) is 68.5 Å². The van der Waals surface area contributed by atoms with Gasteiger partial charge in [-0.2, -0.15) is 0 Å². The van der Waals surface area contributed by atoms with Crippen molar-refractivity contribution in [2.75, 3.05) is 40.9 Å². The van der Waals surface area contributed by atoms with Gasteiger partial charge < -0.3 is 28.8 Å². The maximum atomic E-state index is 12.7. The quantitative estimate of drug-likeness (QED) is 0.0290. The highest BCUT2D eigenvalue weighted by Crippen LogP contribution is 2.38. The smallest absolute Gasteiger partial charge is 0.268 e. The van der Waals surface area contributed by atoms with Gasteiger partial charge in [-0.05, 0) is 38.5 Å². The molecule has 0 heterocycles. The van der Waals surface area contributed by atoms with Crippen LogP contribution < -0.4 is 10.2 Å². The number of hydrogen-bond donors (Lipinski definition) is 2. The summed E-state index contributed by atoms with van der Waals surface area (Å²) in [6.07, 6.45) is 36.5. The van der Waals surface area contributed by atoms with Gasteiger partial charge in [0.2, 0.25) is 5.91 Å². The second-order valence-electron chi connectivity index (χ2n) is 15.0. The van der Waals surface area contributed by atoms with Crippen molar-refractivity contribution in [2.24, 2.45) is 0 Å². The second kappa shape index (κ2) is 32.9. The topological polar surface area (TPSA) is 108 Å². The fourth-order valence-corrected chi connectivity index (χ4v) is 6.35. The summed E-state index contributed by atoms with van der Waals surface area (Å²) >= 11 is 0. The molecule has 3 atom stereocenters. The van der Waals surface area contributed by atoms with Crippen LogP contribution in [0, 0.1) is 0 Å². The van der Waals surface area contributed by atoms with E-state index in [0.717, 1.165) is 64.2 Å². The molecule has 0 aromatic heterocycles. The Bertz CT molecular complexity index is 860. The molecule has 3 unspecified atom stereocenters. The molecule has 0 saturated carbocycles. The Balaban J connectivity index is 4.46. The molecule has 0 rings (SSSR count). The Labute approximate surface area is 303 Å². The zero-order valence-electron chi connectivity index (χ0n) is 32.6. The van der Waals surface area contributed by atoms with Crippen LogP contribution in [0.4, 0.5) is 0 Å². The van der Waals surface area contributed by atoms with Crippen molar-refractivity contribution in [1.29, 1.82) is 0 Å². The number of unbranched alkanes of at least 4 members (excludes halogenated alkanes) is 21. The molecule has 0 radical (unpaired) electrons. The summed E-state index contributed by atoms with van der Waals surface area (Å²) in [4.78, 5) is 25.1. The molecule has 0 aromatic rings. The lowest BCUT2D eigenvalue weighted by Crippen LogP contribution is -2.45. The number of carbonyl (C=O) groups excluding carboxylic acids is 1. The van der Waals surface area contributed by atoms with E-state index in [0.29, 0.717) is 17.4 Å². The van der Waals surface area contributed by atoms with Gasteiger partial charge in [0.1, 0.15) is 13.2 Å². The first kappa shape index (κ1) is 48.0. The highest BCUT2D eigenvalue weighted by atomic mass is 31.2. The number of nitrogens with zero attached hydrogens (tertiary/aromatic N) is 1. The minimum atomic E-state index is -4.58. The Hall–Kier alpha value is -1.02. The van der Waals surface area contributed by atoms with Crippen LogP contribution in [-0.2, 0) is 18.4 Å². The molecule has 0 spiro atoms. The van der Waals surface area contributed by atoms with Crippen molar-refractivity contribution in [3.05, 3.63) is 24.3 Å². The first-order valence-corrected chi connectivity index (χ1v) is 21.7. The van der Waals surface area contributed by atoms with E-state index in [1.807, 2.05) is 27.2 Å². The van der Waals surface area contributed by atoms with Gasteiger partial charge in [0.25, 0.3) is 7.82 Å². The van der Waals surface area contributed by atoms with Crippen LogP contribution in [0.25, 0.3) is 0 Å². The molecule has 0 bridgehead atoms. The molecule has 0 aliphatic heterocycles. The van der Waals surface area contributed by atoms with Crippen molar-refractivity contribution in [3.63, 3.8) is 0 Å². The highest BCUT2D eigenvalue weighted by molar-refractivity contribution is 7.45. The van der Waals surface area contributed by atoms with Crippen LogP contribution in [0.1, 0.15) is 174 Å². The molecule has 0 aromatic carbocycles. The highest BCUT2D eigenvalue weighted by Gasteiger charge is 2.23. The van der Waals surface area contributed by atoms with E-state index < -0.39 is 20.0 Å². The van der Waals surface area contributed by atoms with Gasteiger partial charge in [0.15, 0.2) is 0 Å². The van der Waals surface area contributed by atoms with Crippen molar-refractivity contribution < 1.29 is 32.9 Å². The van der Waals surface area contributed by atoms with E-state index in [1.54, 1.807) is 6.08 Å². The number of amides is 1. The SMILES string of the molecule is CCC/C=C\CCCCCCCC(=O)NC(COP(=O)([O-])OCC[N+](C)(C)C)C(O)/C=C/CCCCCCCCCCCCCCCCC. The number of aliphatic hydroxyl groups excluding tert-OH is 1. The third-order valence-corrected chi connectivity index (χ3v) is 9.85. The Morgan fingerprint density at radius 3 is 1.67 bits per heavy atom. The summed E-state index contributed by atoms with van der Waals surface area (Å²) in [5.41, 5.74) is 0. The van der Waals surface area contributed by atoms with Gasteiger partial charge in [-0.15, -0.1) is 0 Å². The Morgan fingerprint density at radius 2 is 1.16 bits per heavy atom. The molecule has 49 heavy (non-hydrogen) atoms. The largest absolute Gasteiger partial charge is 0.756 e. The zero-order valence-corrected chi connectivity index (χ0v) is 33.5. The normalized spacial score (nSPS) is 14.8. The number of phosphoric ester groups is 1. The molecule has 0 saturated heterocycles. The van der Waals surface area contributed by atoms with E-state index in [4.69, 9.17) is 9.05 Å². The summed E-state index contributed by atoms with van der Waals surface area (Å²) in [7, 11) is 1.25. The number of quaternary nitrogens is 1. The predicted molar refractivity (Wildman–Crippen MR) is 205 cm³/mol. The van der Waals surface area contributed by atoms with E-state index in [-0.39, 0.29) is 19.1 Å². The molecule has 1 amide bonds. The maximum Gasteiger partial charge on any atom is 0.268 e. The minimum absolute atomic E-state index is 0.00194. The number of aliphatic hydroxyl groups is 1. The third kappa shape index (κ3) is 35.2. The Kier molecular flexibility index (Phi) is 32.2. The standard InChI is InChI=1S/C40H79N2O6P/c1-6-8-10-12-14-16-18-19-20-21-22-23-24-25-27-29-31-33-39(43)38(37-48-49(45,46)47-36-35-42(3,4)5)41-40(44)34-32-30-28-26-17-15-13-11-9-7-2/h11,13,31,33,38-39,43H,6-10,12,14-30,32,34-37H2,1-5H3,(H-,41,44,45,46)/b13-11-,33-31+. The lowest BCUT2D eigenvalue weighted by Gasteiger charge is -2.29. The summed E-state index contributed by atoms with van der Waals surface area (Å²) in [6.45, 7) is 4.56. The van der Waals surface area contributed by atoms with Crippen LogP contribution in [0.2, 0.25) is 0 Å². The molecular weight excluding hydrogens is 635 g/mol. The average Bonchev–Trinajstić information content (AvgIpc) is 3.04. The maximum absolute atomic E-state index is 12.7. The van der Waals surface area contributed by atoms with Gasteiger partial charge >= 0.3 is 0 Å². The molecule has 0 fully saturated rings. The first-order valence-electron chi connectivity index (χ1n) is 20.2. The number of phosphoric acid groups is 1. The Morgan fingerprint density at radius 1 is 0.694 bits per heavy atom. The summed E-state index contributed by atoms with van der Waals surface area (Å²) < 4.78 is 23.1. The molecule has 0 aliphatic rings. The van der Waals surface area contributed by atoms with Crippen LogP contribution in [0.3, 0.4) is 0 Å². The van der Waals surface area contributed by atoms with Crippen molar-refractivity contribution in [3.8, 4) is 0 Å². The summed E-state index contributed by atoms with van der Waals surface area (Å²) in [5, 5.41) is 13.7. The van der Waals surface area contributed by atoms with E-state index >= 15 is 0 Å². The number of nitrogens with one attached hydrogen (secondary N) is 1. The first-order chi connectivity index (χ1) is 23.5. The van der Waals surface area contributed by atoms with Crippen molar-refractivity contribution in [1.82, 2.24) is 5.32 Å². The number of allylic oxidation sites excluding steroid dienone is 3. The van der Waals surface area contributed by atoms with Crippen molar-refractivity contribution in [2.45, 2.75) is 187 Å². The van der Waals surface area contributed by atoms with Gasteiger partial charge in [0.05, 0.1) is 39.9 Å². The lowest BCUT2D eigenvalue weighted by atomic mass is 10.0. The molecular formula is C40H79N2O6P. The van der Waals surface area contributed by atoms with Crippen LogP contribution >= 0.6 is 7.82 Å². The molecule has 290 valence electrons. The second-order valence-corrected chi connectivity index (χ2v) is 16.4. The number of likely N-dealkylation sites (N-methyl/N-ethyl adjacent to an activating group) is 1. The van der Waals surface area contributed by atoms with E-state index in [2.05, 4.69) is 31.3 Å². The summed E-state index contributed by atoms with van der Waals surface area (Å²) in [5.74, 6) is -0.211. The minimum Gasteiger partial charge on any atom is -0.756 e. The number of hydrogen-bond acceptors (Lipinski definition) is 6. The van der Waals surface area contributed by atoms with Gasteiger partial charge in [0, 0.05) is 6.42 Å². The molecule has 8 nitrogen and oxygen atoms in total. The fourth-order valence-electron chi connectivity index (χ4n) is 5.62. The van der Waals surface area contributed by atoms with E-state index in [1.165, 1.54) is 89.9 Å². The van der Waals surface area contributed by atoms with Crippen LogP contribution in [0.5, 0.6) is 0 Å². The average molecular weight is 715 g/mol. The van der Waals surface area contributed by atoms with E-state index in [9.17, 15) is 19.4 Å². The molecule has 0 aliphatic carbocycles. The molecule has 9 heteroatoms. The lowest BCUT2D eigenvalue weighted by molar-refractivity contribution is -0.870.